The van der Waals surface area contributed by atoms with Crippen molar-refractivity contribution >= 4 is 28.4 Å². The highest BCUT2D eigenvalue weighted by molar-refractivity contribution is 5.92. The van der Waals surface area contributed by atoms with Gasteiger partial charge in [0.1, 0.15) is 5.75 Å². The molecular formula is C14H12N4O2. The van der Waals surface area contributed by atoms with Crippen molar-refractivity contribution in [1.29, 1.82) is 0 Å². The molecule has 0 aliphatic carbocycles. The number of benzene rings is 2. The van der Waals surface area contributed by atoms with Crippen LogP contribution in [-0.4, -0.2) is 15.9 Å². The number of imidazole rings is 1. The van der Waals surface area contributed by atoms with Crippen LogP contribution in [0, 0.1) is 0 Å². The number of H-pyrrole nitrogens is 1. The number of ether oxygens (including phenoxy) is 1. The minimum absolute atomic E-state index is 0.127. The highest BCUT2D eigenvalue weighted by Crippen LogP contribution is 2.17. The molecule has 0 saturated carbocycles. The second-order valence-corrected chi connectivity index (χ2v) is 4.32. The lowest BCUT2D eigenvalue weighted by molar-refractivity contribution is 0.0723. The molecule has 5 N–H and O–H groups in total. The van der Waals surface area contributed by atoms with Gasteiger partial charge in [0.25, 0.3) is 0 Å². The van der Waals surface area contributed by atoms with Gasteiger partial charge in [0.05, 0.1) is 11.0 Å². The summed E-state index contributed by atoms with van der Waals surface area (Å²) in [5.74, 6) is -0.0314. The monoisotopic (exact) mass is 268 g/mol. The van der Waals surface area contributed by atoms with E-state index in [1.54, 1.807) is 42.5 Å². The minimum atomic E-state index is -0.565. The largest absolute Gasteiger partial charge is 0.421 e. The number of anilines is 2. The van der Waals surface area contributed by atoms with E-state index in [0.717, 1.165) is 0 Å². The lowest BCUT2D eigenvalue weighted by Crippen LogP contribution is -2.10. The predicted molar refractivity (Wildman–Crippen MR) is 76.3 cm³/mol. The molecule has 6 heteroatoms. The van der Waals surface area contributed by atoms with E-state index >= 15 is 0 Å². The van der Waals surface area contributed by atoms with Crippen molar-refractivity contribution in [3.63, 3.8) is 0 Å². The molecule has 0 radical (unpaired) electrons. The van der Waals surface area contributed by atoms with Crippen LogP contribution in [0.5, 0.6) is 5.75 Å². The highest BCUT2D eigenvalue weighted by atomic mass is 16.5. The number of nitrogens with zero attached hydrogens (tertiary/aromatic N) is 1. The van der Waals surface area contributed by atoms with E-state index in [0.29, 0.717) is 28.2 Å². The van der Waals surface area contributed by atoms with Gasteiger partial charge in [-0.25, -0.2) is 9.78 Å². The van der Waals surface area contributed by atoms with E-state index in [1.165, 1.54) is 0 Å². The van der Waals surface area contributed by atoms with Crippen LogP contribution in [0.1, 0.15) is 10.6 Å². The molecule has 0 unspecified atom stereocenters. The van der Waals surface area contributed by atoms with Crippen molar-refractivity contribution in [3.05, 3.63) is 48.3 Å². The molecule has 3 aromatic rings. The fourth-order valence-corrected chi connectivity index (χ4v) is 1.82. The van der Waals surface area contributed by atoms with Crippen LogP contribution in [0.2, 0.25) is 0 Å². The van der Waals surface area contributed by atoms with Gasteiger partial charge in [0, 0.05) is 11.4 Å². The molecule has 100 valence electrons. The number of nitrogen functional groups attached to an aromatic ring is 2. The highest BCUT2D eigenvalue weighted by Gasteiger charge is 2.14. The predicted octanol–water partition coefficient (Wildman–Crippen LogP) is 1.95. The van der Waals surface area contributed by atoms with Crippen molar-refractivity contribution in [3.8, 4) is 5.75 Å². The molecule has 1 heterocycles. The molecule has 2 aromatic carbocycles. The summed E-state index contributed by atoms with van der Waals surface area (Å²) in [6, 6.07) is 11.7. The number of fused-ring (bicyclic) bond motifs is 1. The number of esters is 1. The lowest BCUT2D eigenvalue weighted by atomic mass is 10.3. The molecule has 6 nitrogen and oxygen atoms in total. The van der Waals surface area contributed by atoms with Gasteiger partial charge in [-0.1, -0.05) is 0 Å². The van der Waals surface area contributed by atoms with Crippen molar-refractivity contribution < 1.29 is 9.53 Å². The molecule has 0 aliphatic heterocycles. The summed E-state index contributed by atoms with van der Waals surface area (Å²) in [4.78, 5) is 19.0. The van der Waals surface area contributed by atoms with Gasteiger partial charge in [-0.3, -0.25) is 0 Å². The number of nitrogens with two attached hydrogens (primary N) is 2. The van der Waals surface area contributed by atoms with Crippen LogP contribution in [-0.2, 0) is 0 Å². The van der Waals surface area contributed by atoms with E-state index in [9.17, 15) is 4.79 Å². The Morgan fingerprint density at radius 3 is 2.50 bits per heavy atom. The number of nitrogens with one attached hydrogen (secondary N) is 1. The first-order valence-electron chi connectivity index (χ1n) is 5.95. The molecule has 20 heavy (non-hydrogen) atoms. The summed E-state index contributed by atoms with van der Waals surface area (Å²) < 4.78 is 5.20. The van der Waals surface area contributed by atoms with Crippen LogP contribution < -0.4 is 16.2 Å². The number of aromatic amines is 1. The third kappa shape index (κ3) is 2.26. The zero-order chi connectivity index (χ0) is 14.1. The summed E-state index contributed by atoms with van der Waals surface area (Å²) in [7, 11) is 0. The Hall–Kier alpha value is -3.02. The number of carbonyl (C=O) groups excluding carboxylic acids is 1. The lowest BCUT2D eigenvalue weighted by Gasteiger charge is -2.01. The smallest absolute Gasteiger partial charge is 0.379 e. The minimum Gasteiger partial charge on any atom is -0.421 e. The summed E-state index contributed by atoms with van der Waals surface area (Å²) in [5.41, 5.74) is 13.8. The Labute approximate surface area is 114 Å². The topological polar surface area (TPSA) is 107 Å². The Morgan fingerprint density at radius 2 is 1.75 bits per heavy atom. The first-order valence-corrected chi connectivity index (χ1v) is 5.95. The zero-order valence-electron chi connectivity index (χ0n) is 10.5. The van der Waals surface area contributed by atoms with Gasteiger partial charge in [-0.05, 0) is 42.5 Å². The zero-order valence-corrected chi connectivity index (χ0v) is 10.5. The summed E-state index contributed by atoms with van der Waals surface area (Å²) in [5, 5.41) is 0. The molecule has 0 spiro atoms. The second-order valence-electron chi connectivity index (χ2n) is 4.32. The Bertz CT molecular complexity index is 777. The number of carbonyl (C=O) groups is 1. The standard InChI is InChI=1S/C14H12N4O2/c15-8-1-4-10(5-2-8)20-14(19)13-17-11-6-3-9(16)7-12(11)18-13/h1-7H,15-16H2,(H,17,18). The van der Waals surface area contributed by atoms with Gasteiger partial charge in [0.15, 0.2) is 0 Å². The molecule has 0 saturated heterocycles. The van der Waals surface area contributed by atoms with Crippen LogP contribution in [0.15, 0.2) is 42.5 Å². The van der Waals surface area contributed by atoms with Gasteiger partial charge in [-0.15, -0.1) is 0 Å². The first kappa shape index (κ1) is 12.0. The molecule has 3 rings (SSSR count). The maximum atomic E-state index is 12.0. The molecule has 0 fully saturated rings. The fraction of sp³-hybridized carbons (Fsp3) is 0. The number of rotatable bonds is 2. The van der Waals surface area contributed by atoms with Crippen LogP contribution >= 0.6 is 0 Å². The fourth-order valence-electron chi connectivity index (χ4n) is 1.82. The van der Waals surface area contributed by atoms with Gasteiger partial charge in [-0.2, -0.15) is 0 Å². The Kier molecular flexibility index (Phi) is 2.76. The summed E-state index contributed by atoms with van der Waals surface area (Å²) in [6.07, 6.45) is 0. The molecule has 0 aliphatic rings. The van der Waals surface area contributed by atoms with Crippen molar-refractivity contribution in [2.24, 2.45) is 0 Å². The quantitative estimate of drug-likeness (QED) is 0.374. The molecule has 1 aromatic heterocycles. The Balaban J connectivity index is 1.86. The number of hydrogen-bond donors (Lipinski definition) is 3. The van der Waals surface area contributed by atoms with Crippen molar-refractivity contribution in [2.75, 3.05) is 11.5 Å². The molecule has 0 amide bonds. The average molecular weight is 268 g/mol. The Morgan fingerprint density at radius 1 is 1.05 bits per heavy atom. The molecular weight excluding hydrogens is 256 g/mol. The van der Waals surface area contributed by atoms with Gasteiger partial charge >= 0.3 is 5.97 Å². The van der Waals surface area contributed by atoms with Crippen molar-refractivity contribution in [2.45, 2.75) is 0 Å². The van der Waals surface area contributed by atoms with Crippen LogP contribution in [0.3, 0.4) is 0 Å². The first-order chi connectivity index (χ1) is 9.61. The summed E-state index contributed by atoms with van der Waals surface area (Å²) >= 11 is 0. The normalized spacial score (nSPS) is 10.6. The van der Waals surface area contributed by atoms with E-state index in [1.807, 2.05) is 0 Å². The van der Waals surface area contributed by atoms with Crippen molar-refractivity contribution in [1.82, 2.24) is 9.97 Å². The number of hydrogen-bond acceptors (Lipinski definition) is 5. The average Bonchev–Trinajstić information content (AvgIpc) is 2.84. The van der Waals surface area contributed by atoms with Gasteiger partial charge < -0.3 is 21.2 Å². The van der Waals surface area contributed by atoms with E-state index in [4.69, 9.17) is 16.2 Å². The third-order valence-corrected chi connectivity index (χ3v) is 2.79. The maximum absolute atomic E-state index is 12.0. The van der Waals surface area contributed by atoms with Gasteiger partial charge in [0.2, 0.25) is 5.82 Å². The van der Waals surface area contributed by atoms with Crippen LogP contribution in [0.25, 0.3) is 11.0 Å². The number of aromatic nitrogens is 2. The third-order valence-electron chi connectivity index (χ3n) is 2.79. The maximum Gasteiger partial charge on any atom is 0.379 e. The molecule has 0 atom stereocenters. The SMILES string of the molecule is Nc1ccc(OC(=O)c2nc3ccc(N)cc3[nH]2)cc1. The van der Waals surface area contributed by atoms with E-state index in [-0.39, 0.29) is 5.82 Å². The van der Waals surface area contributed by atoms with Crippen LogP contribution in [0.4, 0.5) is 11.4 Å². The van der Waals surface area contributed by atoms with E-state index in [2.05, 4.69) is 9.97 Å². The summed E-state index contributed by atoms with van der Waals surface area (Å²) in [6.45, 7) is 0. The second kappa shape index (κ2) is 4.58. The molecule has 0 bridgehead atoms. The van der Waals surface area contributed by atoms with E-state index < -0.39 is 5.97 Å².